The van der Waals surface area contributed by atoms with Crippen molar-refractivity contribution in [2.24, 2.45) is 0 Å². The Morgan fingerprint density at radius 3 is 1.98 bits per heavy atom. The molecule has 1 aliphatic rings. The van der Waals surface area contributed by atoms with E-state index in [9.17, 15) is 24.2 Å². The van der Waals surface area contributed by atoms with Crippen LogP contribution in [0.2, 0.25) is 0 Å². The number of hydrogen-bond acceptors (Lipinski definition) is 7. The van der Waals surface area contributed by atoms with E-state index in [2.05, 4.69) is 0 Å². The SMILES string of the molecule is COc1ccc(C(c2ccccc2)(c2ccc(OC)cc2)C(O)[C@H]2O[C@@H](n3cc(F)c(=O)[nH]c3=O)C[C@@H]2O)cc1. The fourth-order valence-corrected chi connectivity index (χ4v) is 5.47. The average Bonchev–Trinajstić information content (AvgIpc) is 3.37. The zero-order valence-electron chi connectivity index (χ0n) is 21.9. The Bertz CT molecular complexity index is 1520. The van der Waals surface area contributed by atoms with Crippen molar-refractivity contribution in [3.05, 3.63) is 128 Å². The molecule has 3 N–H and O–H groups in total. The van der Waals surface area contributed by atoms with Crippen molar-refractivity contribution in [3.8, 4) is 11.5 Å². The van der Waals surface area contributed by atoms with E-state index in [-0.39, 0.29) is 6.42 Å². The molecule has 0 bridgehead atoms. The van der Waals surface area contributed by atoms with Gasteiger partial charge in [-0.25, -0.2) is 4.79 Å². The van der Waals surface area contributed by atoms with E-state index in [0.29, 0.717) is 28.2 Å². The van der Waals surface area contributed by atoms with Gasteiger partial charge in [0.05, 0.1) is 31.9 Å². The van der Waals surface area contributed by atoms with Crippen molar-refractivity contribution in [2.45, 2.75) is 36.4 Å². The Morgan fingerprint density at radius 1 is 0.925 bits per heavy atom. The Kier molecular flexibility index (Phi) is 7.57. The van der Waals surface area contributed by atoms with Crippen LogP contribution in [0, 0.1) is 5.82 Å². The van der Waals surface area contributed by atoms with Crippen molar-refractivity contribution in [1.82, 2.24) is 9.55 Å². The molecule has 40 heavy (non-hydrogen) atoms. The first-order valence-electron chi connectivity index (χ1n) is 12.7. The molecule has 9 nitrogen and oxygen atoms in total. The van der Waals surface area contributed by atoms with Gasteiger partial charge in [-0.15, -0.1) is 0 Å². The van der Waals surface area contributed by atoms with Crippen LogP contribution in [0.1, 0.15) is 29.3 Å². The van der Waals surface area contributed by atoms with Crippen molar-refractivity contribution in [3.63, 3.8) is 0 Å². The van der Waals surface area contributed by atoms with Gasteiger partial charge in [-0.3, -0.25) is 14.3 Å². The summed E-state index contributed by atoms with van der Waals surface area (Å²) in [6.45, 7) is 0. The predicted octanol–water partition coefficient (Wildman–Crippen LogP) is 2.74. The minimum absolute atomic E-state index is 0.122. The molecule has 1 fully saturated rings. The lowest BCUT2D eigenvalue weighted by atomic mass is 9.64. The number of aromatic amines is 1. The zero-order chi connectivity index (χ0) is 28.4. The highest BCUT2D eigenvalue weighted by molar-refractivity contribution is 5.54. The Morgan fingerprint density at radius 2 is 1.45 bits per heavy atom. The molecule has 10 heteroatoms. The summed E-state index contributed by atoms with van der Waals surface area (Å²) in [4.78, 5) is 25.9. The van der Waals surface area contributed by atoms with Crippen LogP contribution in [-0.4, -0.2) is 52.3 Å². The molecule has 1 unspecified atom stereocenters. The number of aromatic nitrogens is 2. The second-order valence-electron chi connectivity index (χ2n) is 9.58. The van der Waals surface area contributed by atoms with Crippen LogP contribution in [0.5, 0.6) is 11.5 Å². The normalized spacial score (nSPS) is 19.8. The second-order valence-corrected chi connectivity index (χ2v) is 9.58. The summed E-state index contributed by atoms with van der Waals surface area (Å²) in [5.41, 5.74) is -1.24. The molecule has 0 amide bonds. The van der Waals surface area contributed by atoms with E-state index in [1.54, 1.807) is 38.5 Å². The summed E-state index contributed by atoms with van der Waals surface area (Å²) in [6.07, 6.45) is -4.36. The topological polar surface area (TPSA) is 123 Å². The summed E-state index contributed by atoms with van der Waals surface area (Å²) in [5, 5.41) is 23.5. The van der Waals surface area contributed by atoms with Gasteiger partial charge in [0.15, 0.2) is 0 Å². The lowest BCUT2D eigenvalue weighted by Crippen LogP contribution is -2.51. The summed E-state index contributed by atoms with van der Waals surface area (Å²) >= 11 is 0. The number of rotatable bonds is 8. The van der Waals surface area contributed by atoms with Crippen LogP contribution in [0.15, 0.2) is 94.6 Å². The average molecular weight is 549 g/mol. The number of benzene rings is 3. The maximum Gasteiger partial charge on any atom is 0.330 e. The summed E-state index contributed by atoms with van der Waals surface area (Å²) < 4.78 is 31.7. The van der Waals surface area contributed by atoms with Gasteiger partial charge in [0.2, 0.25) is 5.82 Å². The fraction of sp³-hybridized carbons (Fsp3) is 0.267. The lowest BCUT2D eigenvalue weighted by molar-refractivity contribution is -0.0978. The number of hydrogen-bond donors (Lipinski definition) is 3. The first kappa shape index (κ1) is 27.3. The van der Waals surface area contributed by atoms with Crippen LogP contribution in [0.25, 0.3) is 0 Å². The molecule has 4 aromatic rings. The molecule has 0 radical (unpaired) electrons. The van der Waals surface area contributed by atoms with E-state index in [1.807, 2.05) is 59.6 Å². The monoisotopic (exact) mass is 548 g/mol. The van der Waals surface area contributed by atoms with Gasteiger partial charge in [-0.05, 0) is 41.0 Å². The number of aliphatic hydroxyl groups excluding tert-OH is 2. The highest BCUT2D eigenvalue weighted by Crippen LogP contribution is 2.47. The third-order valence-electron chi connectivity index (χ3n) is 7.45. The van der Waals surface area contributed by atoms with Crippen LogP contribution < -0.4 is 20.7 Å². The standard InChI is InChI=1S/C30H29FN2O7/c1-38-21-12-8-19(9-13-21)30(18-6-4-3-5-7-18,20-10-14-22(39-2)15-11-20)27(35)26-24(34)16-25(40-26)33-17-23(31)28(36)32-29(33)37/h3-15,17,24-27,34-35H,16H2,1-2H3,(H,32,36,37)/t24-,25+,26-,27?/m0/s1. The van der Waals surface area contributed by atoms with Crippen molar-refractivity contribution in [1.29, 1.82) is 0 Å². The van der Waals surface area contributed by atoms with Crippen molar-refractivity contribution >= 4 is 0 Å². The van der Waals surface area contributed by atoms with Gasteiger partial charge < -0.3 is 24.4 Å². The van der Waals surface area contributed by atoms with Gasteiger partial charge in [0.25, 0.3) is 5.56 Å². The van der Waals surface area contributed by atoms with Crippen molar-refractivity contribution in [2.75, 3.05) is 14.2 Å². The molecule has 0 spiro atoms. The Hall–Kier alpha value is -4.25. The number of H-pyrrole nitrogens is 1. The Balaban J connectivity index is 1.68. The predicted molar refractivity (Wildman–Crippen MR) is 144 cm³/mol. The third-order valence-corrected chi connectivity index (χ3v) is 7.45. The molecule has 1 aromatic heterocycles. The number of nitrogens with one attached hydrogen (secondary N) is 1. The minimum atomic E-state index is -1.40. The van der Waals surface area contributed by atoms with Gasteiger partial charge in [-0.2, -0.15) is 4.39 Å². The number of aliphatic hydroxyl groups is 2. The second kappa shape index (κ2) is 11.1. The molecular formula is C30H29FN2O7. The van der Waals surface area contributed by atoms with Crippen molar-refractivity contribution < 1.29 is 28.8 Å². The fourth-order valence-electron chi connectivity index (χ4n) is 5.47. The highest BCUT2D eigenvalue weighted by Gasteiger charge is 2.52. The number of ether oxygens (including phenoxy) is 3. The lowest BCUT2D eigenvalue weighted by Gasteiger charge is -2.43. The van der Waals surface area contributed by atoms with Gasteiger partial charge in [-0.1, -0.05) is 54.6 Å². The Labute approximate surface area is 229 Å². The largest absolute Gasteiger partial charge is 0.497 e. The van der Waals surface area contributed by atoms with E-state index in [0.717, 1.165) is 10.8 Å². The van der Waals surface area contributed by atoms with Crippen LogP contribution in [-0.2, 0) is 10.2 Å². The van der Waals surface area contributed by atoms with Gasteiger partial charge >= 0.3 is 5.69 Å². The van der Waals surface area contributed by atoms with E-state index >= 15 is 0 Å². The molecule has 2 heterocycles. The van der Waals surface area contributed by atoms with Crippen LogP contribution >= 0.6 is 0 Å². The zero-order valence-corrected chi connectivity index (χ0v) is 21.9. The molecule has 3 aromatic carbocycles. The van der Waals surface area contributed by atoms with E-state index < -0.39 is 47.0 Å². The minimum Gasteiger partial charge on any atom is -0.497 e. The molecular weight excluding hydrogens is 519 g/mol. The molecule has 208 valence electrons. The van der Waals surface area contributed by atoms with E-state index in [4.69, 9.17) is 14.2 Å². The number of methoxy groups -OCH3 is 2. The summed E-state index contributed by atoms with van der Waals surface area (Å²) in [6, 6.07) is 23.7. The smallest absolute Gasteiger partial charge is 0.330 e. The molecule has 5 rings (SSSR count). The van der Waals surface area contributed by atoms with Crippen LogP contribution in [0.4, 0.5) is 4.39 Å². The van der Waals surface area contributed by atoms with Gasteiger partial charge in [0.1, 0.15) is 29.9 Å². The molecule has 4 atom stereocenters. The first-order chi connectivity index (χ1) is 19.3. The quantitative estimate of drug-likeness (QED) is 0.290. The first-order valence-corrected chi connectivity index (χ1v) is 12.7. The van der Waals surface area contributed by atoms with Crippen LogP contribution in [0.3, 0.4) is 0 Å². The maximum absolute atomic E-state index is 14.1. The summed E-state index contributed by atoms with van der Waals surface area (Å²) in [7, 11) is 3.12. The summed E-state index contributed by atoms with van der Waals surface area (Å²) in [5.74, 6) is 0.0648. The third kappa shape index (κ3) is 4.70. The highest BCUT2D eigenvalue weighted by atomic mass is 19.1. The number of nitrogens with zero attached hydrogens (tertiary/aromatic N) is 1. The molecule has 1 aliphatic heterocycles. The van der Waals surface area contributed by atoms with Gasteiger partial charge in [0, 0.05) is 6.42 Å². The molecule has 1 saturated heterocycles. The van der Waals surface area contributed by atoms with E-state index in [1.165, 1.54) is 0 Å². The molecule has 0 saturated carbocycles. The maximum atomic E-state index is 14.1. The molecule has 0 aliphatic carbocycles. The number of halogens is 1.